The van der Waals surface area contributed by atoms with E-state index in [9.17, 15) is 19.6 Å². The average Bonchev–Trinajstić information content (AvgIpc) is 2.07. The van der Waals surface area contributed by atoms with Crippen molar-refractivity contribution < 1.29 is 33.8 Å². The van der Waals surface area contributed by atoms with Crippen LogP contribution >= 0.6 is 7.60 Å². The predicted molar refractivity (Wildman–Crippen MR) is 63.7 cm³/mol. The van der Waals surface area contributed by atoms with Gasteiger partial charge in [-0.15, -0.1) is 0 Å². The van der Waals surface area contributed by atoms with Gasteiger partial charge in [0, 0.05) is 6.42 Å². The van der Waals surface area contributed by atoms with Crippen LogP contribution in [0.3, 0.4) is 0 Å². The van der Waals surface area contributed by atoms with Crippen LogP contribution in [0, 0.1) is 0 Å². The first-order valence-electron chi connectivity index (χ1n) is 5.26. The number of aliphatic carboxylic acids is 1. The molecular formula is C10H20NO6P. The lowest BCUT2D eigenvalue weighted by atomic mass is 9.87. The Balaban J connectivity index is 5.42. The van der Waals surface area contributed by atoms with Crippen LogP contribution in [0.4, 0.5) is 0 Å². The number of aliphatic hydroxyl groups is 1. The molecule has 3 N–H and O–H groups in total. The monoisotopic (exact) mass is 281 g/mol. The van der Waals surface area contributed by atoms with Crippen molar-refractivity contribution in [2.24, 2.45) is 0 Å². The third-order valence-corrected chi connectivity index (χ3v) is 3.78. The van der Waals surface area contributed by atoms with E-state index in [1.165, 1.54) is 0 Å². The number of hydrogen-bond donors (Lipinski definition) is 3. The number of nitrogens with zero attached hydrogens (tertiary/aromatic N) is 1. The molecule has 0 spiro atoms. The number of carboxylic acid groups (broad SMARTS) is 1. The molecule has 0 amide bonds. The molecule has 0 aromatic heterocycles. The van der Waals surface area contributed by atoms with E-state index in [-0.39, 0.29) is 23.1 Å². The highest BCUT2D eigenvalue weighted by molar-refractivity contribution is 7.51. The molecule has 0 fully saturated rings. The van der Waals surface area contributed by atoms with Crippen molar-refractivity contribution >= 4 is 13.6 Å². The first kappa shape index (κ1) is 17.1. The van der Waals surface area contributed by atoms with E-state index in [2.05, 4.69) is 6.58 Å². The summed E-state index contributed by atoms with van der Waals surface area (Å²) in [5.41, 5.74) is -1.63. The van der Waals surface area contributed by atoms with Crippen LogP contribution in [-0.2, 0) is 9.36 Å². The van der Waals surface area contributed by atoms with Gasteiger partial charge in [-0.2, -0.15) is 0 Å². The molecule has 0 aliphatic heterocycles. The molecule has 1 unspecified atom stereocenters. The number of carbonyl (C=O) groups is 1. The van der Waals surface area contributed by atoms with Crippen LogP contribution in [-0.4, -0.2) is 58.2 Å². The van der Waals surface area contributed by atoms with Gasteiger partial charge in [-0.25, -0.2) is 0 Å². The van der Waals surface area contributed by atoms with Crippen molar-refractivity contribution in [3.8, 4) is 0 Å². The van der Waals surface area contributed by atoms with Crippen molar-refractivity contribution in [1.82, 2.24) is 0 Å². The molecule has 7 nitrogen and oxygen atoms in total. The molecule has 8 heteroatoms. The Morgan fingerprint density at radius 3 is 2.06 bits per heavy atom. The minimum atomic E-state index is -4.33. The Morgan fingerprint density at radius 1 is 1.39 bits per heavy atom. The summed E-state index contributed by atoms with van der Waals surface area (Å²) < 4.78 is 10.8. The smallest absolute Gasteiger partial charge is 0.325 e. The fourth-order valence-corrected chi connectivity index (χ4v) is 2.44. The minimum absolute atomic E-state index is 0.144. The normalized spacial score (nSPS) is 16.1. The predicted octanol–water partition coefficient (Wildman–Crippen LogP) is -0.789. The molecule has 0 aromatic carbocycles. The number of hydrogen-bond acceptors (Lipinski definition) is 4. The van der Waals surface area contributed by atoms with E-state index in [1.807, 2.05) is 0 Å². The van der Waals surface area contributed by atoms with Crippen molar-refractivity contribution in [2.45, 2.75) is 18.4 Å². The molecule has 0 bridgehead atoms. The summed E-state index contributed by atoms with van der Waals surface area (Å²) in [5.74, 6) is -1.84. The van der Waals surface area contributed by atoms with Crippen molar-refractivity contribution in [3.63, 3.8) is 0 Å². The van der Waals surface area contributed by atoms with Gasteiger partial charge in [0.2, 0.25) is 0 Å². The van der Waals surface area contributed by atoms with Crippen LogP contribution in [0.1, 0.15) is 12.8 Å². The highest BCUT2D eigenvalue weighted by Gasteiger charge is 2.46. The Bertz CT molecular complexity index is 382. The number of rotatable bonds is 7. The second kappa shape index (κ2) is 5.40. The van der Waals surface area contributed by atoms with Gasteiger partial charge < -0.3 is 29.3 Å². The lowest BCUT2D eigenvalue weighted by Gasteiger charge is -2.46. The van der Waals surface area contributed by atoms with Gasteiger partial charge in [0.1, 0.15) is 11.5 Å². The summed E-state index contributed by atoms with van der Waals surface area (Å²) in [5, 5.41) is 20.6. The molecule has 18 heavy (non-hydrogen) atoms. The number of aliphatic hydroxyl groups excluding tert-OH is 1. The summed E-state index contributed by atoms with van der Waals surface area (Å²) in [6.45, 7) is 3.24. The summed E-state index contributed by atoms with van der Waals surface area (Å²) in [6.07, 6.45) is -1.23. The maximum atomic E-state index is 11.4. The van der Waals surface area contributed by atoms with Gasteiger partial charge in [-0.3, -0.25) is 4.57 Å². The molecule has 0 aromatic rings. The van der Waals surface area contributed by atoms with Gasteiger partial charge in [-0.1, -0.05) is 6.58 Å². The summed E-state index contributed by atoms with van der Waals surface area (Å²) in [7, 11) is 0.335. The number of likely N-dealkylation sites (N-methyl/N-ethyl adjacent to an activating group) is 1. The molecule has 106 valence electrons. The molecule has 0 rings (SSSR count). The Labute approximate surface area is 106 Å². The second-order valence-corrected chi connectivity index (χ2v) is 6.99. The molecular weight excluding hydrogens is 261 g/mol. The molecule has 0 radical (unpaired) electrons. The van der Waals surface area contributed by atoms with E-state index in [4.69, 9.17) is 9.79 Å². The van der Waals surface area contributed by atoms with E-state index < -0.39 is 25.3 Å². The van der Waals surface area contributed by atoms with Gasteiger partial charge in [-0.05, 0) is 0 Å². The zero-order valence-electron chi connectivity index (χ0n) is 10.8. The minimum Gasteiger partial charge on any atom is -0.544 e. The Morgan fingerprint density at radius 2 is 1.83 bits per heavy atom. The van der Waals surface area contributed by atoms with Gasteiger partial charge in [0.05, 0.1) is 39.5 Å². The zero-order valence-corrected chi connectivity index (χ0v) is 11.7. The van der Waals surface area contributed by atoms with Crippen molar-refractivity contribution in [3.05, 3.63) is 12.3 Å². The van der Waals surface area contributed by atoms with Crippen molar-refractivity contribution in [1.29, 1.82) is 0 Å². The molecule has 0 aliphatic carbocycles. The fraction of sp³-hybridized carbons (Fsp3) is 0.700. The lowest BCUT2D eigenvalue weighted by Crippen LogP contribution is -2.66. The summed E-state index contributed by atoms with van der Waals surface area (Å²) in [6, 6.07) is 0. The third kappa shape index (κ3) is 4.42. The fourth-order valence-electron chi connectivity index (χ4n) is 1.78. The quantitative estimate of drug-likeness (QED) is 0.320. The Kier molecular flexibility index (Phi) is 5.14. The van der Waals surface area contributed by atoms with Gasteiger partial charge in [0.15, 0.2) is 0 Å². The van der Waals surface area contributed by atoms with Crippen molar-refractivity contribution in [2.75, 3.05) is 27.3 Å². The highest BCUT2D eigenvalue weighted by Crippen LogP contribution is 2.40. The van der Waals surface area contributed by atoms with Crippen LogP contribution in [0.5, 0.6) is 0 Å². The Hall–Kier alpha value is -0.880. The molecule has 1 atom stereocenters. The molecule has 0 saturated heterocycles. The number of carboxylic acids is 1. The van der Waals surface area contributed by atoms with E-state index in [1.54, 1.807) is 21.1 Å². The summed E-state index contributed by atoms with van der Waals surface area (Å²) in [4.78, 5) is 29.1. The van der Waals surface area contributed by atoms with Crippen LogP contribution in [0.15, 0.2) is 12.3 Å². The van der Waals surface area contributed by atoms with Gasteiger partial charge in [0.25, 0.3) is 0 Å². The topological polar surface area (TPSA) is 118 Å². The SMILES string of the molecule is C=C(O)CC(CCP(=O)(O)O)(C(=O)[O-])[N+](C)(C)C. The zero-order chi connectivity index (χ0) is 14.8. The average molecular weight is 281 g/mol. The van der Waals surface area contributed by atoms with Gasteiger partial charge >= 0.3 is 7.60 Å². The maximum absolute atomic E-state index is 11.4. The highest BCUT2D eigenvalue weighted by atomic mass is 31.2. The number of carbonyl (C=O) groups excluding carboxylic acids is 1. The number of quaternary nitrogens is 1. The molecule has 0 saturated carbocycles. The van der Waals surface area contributed by atoms with Crippen LogP contribution in [0.2, 0.25) is 0 Å². The van der Waals surface area contributed by atoms with Crippen LogP contribution in [0.25, 0.3) is 0 Å². The standard InChI is InChI=1S/C10H20NO6P/c1-8(12)7-10(9(13)14,11(2,3)4)5-6-18(15,16)17/h1,5-7H2,2-4H3,(H3-,12,13,14,15,16,17). The third-order valence-electron chi connectivity index (χ3n) is 2.98. The maximum Gasteiger partial charge on any atom is 0.325 e. The second-order valence-electron chi connectivity index (χ2n) is 5.21. The lowest BCUT2D eigenvalue weighted by molar-refractivity contribution is -0.916. The largest absolute Gasteiger partial charge is 0.544 e. The molecule has 0 heterocycles. The summed E-state index contributed by atoms with van der Waals surface area (Å²) >= 11 is 0. The van der Waals surface area contributed by atoms with E-state index in [0.717, 1.165) is 0 Å². The first-order valence-corrected chi connectivity index (χ1v) is 7.06. The first-order chi connectivity index (χ1) is 7.82. The van der Waals surface area contributed by atoms with E-state index >= 15 is 0 Å². The van der Waals surface area contributed by atoms with Crippen LogP contribution < -0.4 is 5.11 Å². The van der Waals surface area contributed by atoms with E-state index in [0.29, 0.717) is 0 Å². The molecule has 0 aliphatic rings.